The Morgan fingerprint density at radius 2 is 2.05 bits per heavy atom. The van der Waals surface area contributed by atoms with E-state index < -0.39 is 32.4 Å². The zero-order valence-electron chi connectivity index (χ0n) is 11.7. The number of methoxy groups -OCH3 is 1. The van der Waals surface area contributed by atoms with E-state index in [1.165, 1.54) is 0 Å². The average molecular weight is 316 g/mol. The lowest BCUT2D eigenvalue weighted by molar-refractivity contribution is 0.0895. The van der Waals surface area contributed by atoms with Crippen LogP contribution in [0.3, 0.4) is 0 Å². The molecule has 0 aliphatic heterocycles. The maximum Gasteiger partial charge on any atom is 0.251 e. The smallest absolute Gasteiger partial charge is 0.251 e. The van der Waals surface area contributed by atoms with Gasteiger partial charge in [0.15, 0.2) is 11.6 Å². The second kappa shape index (κ2) is 5.61. The van der Waals surface area contributed by atoms with Crippen LogP contribution in [0.2, 0.25) is 0 Å². The van der Waals surface area contributed by atoms with Crippen LogP contribution in [0.25, 0.3) is 0 Å². The number of nitrogens with one attached hydrogen (secondary N) is 1. The molecule has 2 rings (SSSR count). The molecule has 0 heterocycles. The Labute approximate surface area is 122 Å². The zero-order chi connectivity index (χ0) is 15.8. The Morgan fingerprint density at radius 1 is 1.43 bits per heavy atom. The molecule has 0 radical (unpaired) electrons. The minimum atomic E-state index is -4.20. The molecular formula is C13H17FN2O4S. The number of ether oxygens (including phenoxy) is 1. The van der Waals surface area contributed by atoms with Crippen LogP contribution in [0.1, 0.15) is 30.1 Å². The quantitative estimate of drug-likeness (QED) is 0.866. The van der Waals surface area contributed by atoms with Gasteiger partial charge in [-0.3, -0.25) is 4.79 Å². The summed E-state index contributed by atoms with van der Waals surface area (Å²) >= 11 is 0. The number of sulfonamides is 1. The van der Waals surface area contributed by atoms with Crippen LogP contribution in [-0.2, 0) is 10.0 Å². The third-order valence-electron chi connectivity index (χ3n) is 3.49. The van der Waals surface area contributed by atoms with Gasteiger partial charge < -0.3 is 10.1 Å². The molecule has 1 fully saturated rings. The molecule has 1 saturated carbocycles. The van der Waals surface area contributed by atoms with Gasteiger partial charge in [0.25, 0.3) is 5.91 Å². The van der Waals surface area contributed by atoms with Crippen molar-refractivity contribution in [2.75, 3.05) is 7.11 Å². The van der Waals surface area contributed by atoms with E-state index in [9.17, 15) is 17.6 Å². The van der Waals surface area contributed by atoms with Crippen LogP contribution in [0, 0.1) is 11.7 Å². The topological polar surface area (TPSA) is 98.5 Å². The zero-order valence-corrected chi connectivity index (χ0v) is 12.5. The van der Waals surface area contributed by atoms with Crippen molar-refractivity contribution in [3.63, 3.8) is 0 Å². The molecule has 0 aromatic heterocycles. The lowest BCUT2D eigenvalue weighted by Crippen LogP contribution is -2.43. The molecule has 1 amide bonds. The lowest BCUT2D eigenvalue weighted by Gasteiger charge is -2.33. The summed E-state index contributed by atoms with van der Waals surface area (Å²) in [6.45, 7) is 2.06. The number of nitrogens with two attached hydrogens (primary N) is 1. The number of carbonyl (C=O) groups excluding carboxylic acids is 1. The predicted octanol–water partition coefficient (Wildman–Crippen LogP) is 1.01. The van der Waals surface area contributed by atoms with Crippen LogP contribution in [0.15, 0.2) is 17.0 Å². The van der Waals surface area contributed by atoms with E-state index in [0.717, 1.165) is 32.1 Å². The molecule has 6 nitrogen and oxygen atoms in total. The first-order valence-electron chi connectivity index (χ1n) is 6.43. The number of halogens is 1. The molecule has 1 aromatic rings. The van der Waals surface area contributed by atoms with Gasteiger partial charge in [-0.1, -0.05) is 6.92 Å². The predicted molar refractivity (Wildman–Crippen MR) is 74.0 cm³/mol. The van der Waals surface area contributed by atoms with E-state index in [-0.39, 0.29) is 11.6 Å². The summed E-state index contributed by atoms with van der Waals surface area (Å²) in [5, 5.41) is 7.75. The van der Waals surface area contributed by atoms with Gasteiger partial charge in [-0.2, -0.15) is 0 Å². The number of hydrogen-bond donors (Lipinski definition) is 2. The molecule has 1 aromatic carbocycles. The van der Waals surface area contributed by atoms with Gasteiger partial charge in [-0.25, -0.2) is 17.9 Å². The maximum absolute atomic E-state index is 13.9. The molecule has 3 N–H and O–H groups in total. The summed E-state index contributed by atoms with van der Waals surface area (Å²) in [5.41, 5.74) is -0.100. The summed E-state index contributed by atoms with van der Waals surface area (Å²) in [6, 6.07) is 2.00. The molecular weight excluding hydrogens is 299 g/mol. The minimum Gasteiger partial charge on any atom is -0.492 e. The Hall–Kier alpha value is -1.67. The van der Waals surface area contributed by atoms with E-state index in [1.54, 1.807) is 0 Å². The Morgan fingerprint density at radius 3 is 2.52 bits per heavy atom. The number of rotatable bonds is 4. The monoisotopic (exact) mass is 316 g/mol. The number of amides is 1. The van der Waals surface area contributed by atoms with Gasteiger partial charge in [0.2, 0.25) is 10.0 Å². The molecule has 21 heavy (non-hydrogen) atoms. The van der Waals surface area contributed by atoms with Crippen LogP contribution < -0.4 is 15.2 Å². The van der Waals surface area contributed by atoms with Crippen LogP contribution >= 0.6 is 0 Å². The molecule has 0 saturated heterocycles. The number of hydrogen-bond acceptors (Lipinski definition) is 4. The van der Waals surface area contributed by atoms with Gasteiger partial charge in [0.1, 0.15) is 4.90 Å². The van der Waals surface area contributed by atoms with E-state index in [2.05, 4.69) is 12.2 Å². The van der Waals surface area contributed by atoms with Crippen molar-refractivity contribution < 1.29 is 22.3 Å². The standard InChI is InChI=1S/C13H17FN2O4S/c1-7-3-9(4-7)16-13(17)8-5-10(14)12(20-2)11(6-8)21(15,18)19/h5-7,9H,3-4H2,1-2H3,(H,16,17)(H2,15,18,19). The van der Waals surface area contributed by atoms with Crippen LogP contribution in [0.5, 0.6) is 5.75 Å². The maximum atomic E-state index is 13.9. The van der Waals surface area contributed by atoms with Crippen molar-refractivity contribution >= 4 is 15.9 Å². The highest BCUT2D eigenvalue weighted by molar-refractivity contribution is 7.89. The van der Waals surface area contributed by atoms with Crippen LogP contribution in [0.4, 0.5) is 4.39 Å². The highest BCUT2D eigenvalue weighted by Crippen LogP contribution is 2.29. The fraction of sp³-hybridized carbons (Fsp3) is 0.462. The third-order valence-corrected chi connectivity index (χ3v) is 4.41. The Bertz CT molecular complexity index is 669. The first-order chi connectivity index (χ1) is 9.72. The molecule has 0 bridgehead atoms. The number of carbonyl (C=O) groups is 1. The third kappa shape index (κ3) is 3.33. The molecule has 0 atom stereocenters. The molecule has 8 heteroatoms. The first kappa shape index (κ1) is 15.7. The van der Waals surface area contributed by atoms with E-state index in [0.29, 0.717) is 5.92 Å². The fourth-order valence-corrected chi connectivity index (χ4v) is 3.13. The molecule has 116 valence electrons. The van der Waals surface area contributed by atoms with Crippen molar-refractivity contribution in [1.82, 2.24) is 5.32 Å². The van der Waals surface area contributed by atoms with E-state index in [1.807, 2.05) is 0 Å². The van der Waals surface area contributed by atoms with Crippen molar-refractivity contribution in [1.29, 1.82) is 0 Å². The molecule has 1 aliphatic rings. The van der Waals surface area contributed by atoms with Gasteiger partial charge >= 0.3 is 0 Å². The van der Waals surface area contributed by atoms with E-state index in [4.69, 9.17) is 9.88 Å². The van der Waals surface area contributed by atoms with Gasteiger partial charge in [0.05, 0.1) is 7.11 Å². The first-order valence-corrected chi connectivity index (χ1v) is 7.98. The minimum absolute atomic E-state index is 0.0376. The highest BCUT2D eigenvalue weighted by atomic mass is 32.2. The number of benzene rings is 1. The second-order valence-corrected chi connectivity index (χ2v) is 6.81. The summed E-state index contributed by atoms with van der Waals surface area (Å²) in [7, 11) is -3.07. The largest absolute Gasteiger partial charge is 0.492 e. The van der Waals surface area contributed by atoms with Gasteiger partial charge in [0, 0.05) is 11.6 Å². The lowest BCUT2D eigenvalue weighted by atomic mass is 9.82. The molecule has 0 spiro atoms. The van der Waals surface area contributed by atoms with Gasteiger partial charge in [-0.05, 0) is 30.9 Å². The van der Waals surface area contributed by atoms with Crippen molar-refractivity contribution in [3.8, 4) is 5.75 Å². The molecule has 0 unspecified atom stereocenters. The van der Waals surface area contributed by atoms with E-state index >= 15 is 0 Å². The van der Waals surface area contributed by atoms with Crippen molar-refractivity contribution in [2.24, 2.45) is 11.1 Å². The highest BCUT2D eigenvalue weighted by Gasteiger charge is 2.28. The van der Waals surface area contributed by atoms with Crippen molar-refractivity contribution in [3.05, 3.63) is 23.5 Å². The molecule has 1 aliphatic carbocycles. The normalized spacial score (nSPS) is 21.5. The Kier molecular flexibility index (Phi) is 4.20. The summed E-state index contributed by atoms with van der Waals surface area (Å²) in [5.74, 6) is -1.43. The summed E-state index contributed by atoms with van der Waals surface area (Å²) in [4.78, 5) is 11.5. The second-order valence-electron chi connectivity index (χ2n) is 5.28. The fourth-order valence-electron chi connectivity index (χ4n) is 2.40. The van der Waals surface area contributed by atoms with Crippen LogP contribution in [-0.4, -0.2) is 27.5 Å². The summed E-state index contributed by atoms with van der Waals surface area (Å²) in [6.07, 6.45) is 1.71. The SMILES string of the molecule is COc1c(F)cc(C(=O)NC2CC(C)C2)cc1S(N)(=O)=O. The van der Waals surface area contributed by atoms with Gasteiger partial charge in [-0.15, -0.1) is 0 Å². The Balaban J connectivity index is 2.32. The average Bonchev–Trinajstić information content (AvgIpc) is 2.34. The summed E-state index contributed by atoms with van der Waals surface area (Å²) < 4.78 is 41.5. The number of primary sulfonamides is 1. The van der Waals surface area contributed by atoms with Crippen molar-refractivity contribution in [2.45, 2.75) is 30.7 Å².